The van der Waals surface area contributed by atoms with E-state index in [0.29, 0.717) is 36.1 Å². The van der Waals surface area contributed by atoms with Crippen LogP contribution in [-0.4, -0.2) is 52.2 Å². The Bertz CT molecular complexity index is 1020. The lowest BCUT2D eigenvalue weighted by molar-refractivity contribution is 0.0277. The minimum Gasteiger partial charge on any atom is -0.438 e. The SMILES string of the molecule is COC[C@@H](O)CN(Cc1c(C)nn(-c2ccc(F)cc2)c1Oc1cccc(F)c1)C(C)C. The first-order valence-corrected chi connectivity index (χ1v) is 10.5. The van der Waals surface area contributed by atoms with Gasteiger partial charge in [-0.2, -0.15) is 5.10 Å². The monoisotopic (exact) mass is 445 g/mol. The molecule has 1 atom stereocenters. The van der Waals surface area contributed by atoms with Crippen LogP contribution < -0.4 is 4.74 Å². The van der Waals surface area contributed by atoms with Gasteiger partial charge in [0.1, 0.15) is 17.4 Å². The van der Waals surface area contributed by atoms with Gasteiger partial charge in [0.05, 0.1) is 29.7 Å². The van der Waals surface area contributed by atoms with Crippen LogP contribution in [0.2, 0.25) is 0 Å². The number of aliphatic hydroxyl groups is 1. The van der Waals surface area contributed by atoms with E-state index in [0.717, 1.165) is 5.56 Å². The number of benzene rings is 2. The van der Waals surface area contributed by atoms with Crippen LogP contribution in [0.25, 0.3) is 5.69 Å². The summed E-state index contributed by atoms with van der Waals surface area (Å²) in [6.45, 7) is 6.99. The Kier molecular flexibility index (Phi) is 7.95. The van der Waals surface area contributed by atoms with Crippen molar-refractivity contribution in [1.82, 2.24) is 14.7 Å². The number of halogens is 2. The summed E-state index contributed by atoms with van der Waals surface area (Å²) in [5, 5.41) is 14.9. The highest BCUT2D eigenvalue weighted by atomic mass is 19.1. The smallest absolute Gasteiger partial charge is 0.227 e. The van der Waals surface area contributed by atoms with E-state index in [4.69, 9.17) is 9.47 Å². The zero-order valence-corrected chi connectivity index (χ0v) is 18.8. The van der Waals surface area contributed by atoms with E-state index in [1.165, 1.54) is 24.3 Å². The first-order chi connectivity index (χ1) is 15.3. The molecule has 172 valence electrons. The van der Waals surface area contributed by atoms with Crippen molar-refractivity contribution in [3.8, 4) is 17.3 Å². The number of methoxy groups -OCH3 is 1. The molecule has 0 radical (unpaired) electrons. The lowest BCUT2D eigenvalue weighted by Crippen LogP contribution is -2.38. The van der Waals surface area contributed by atoms with Crippen LogP contribution >= 0.6 is 0 Å². The standard InChI is InChI=1S/C24H29F2N3O3/c1-16(2)28(13-21(30)15-31-4)14-23-17(3)27-29(20-10-8-18(25)9-11-20)24(23)32-22-7-5-6-19(26)12-22/h5-12,16,21,30H,13-15H2,1-4H3/t21-/m0/s1. The lowest BCUT2D eigenvalue weighted by atomic mass is 10.2. The van der Waals surface area contributed by atoms with Gasteiger partial charge >= 0.3 is 0 Å². The lowest BCUT2D eigenvalue weighted by Gasteiger charge is -2.28. The second-order valence-electron chi connectivity index (χ2n) is 7.95. The first kappa shape index (κ1) is 23.8. The summed E-state index contributed by atoms with van der Waals surface area (Å²) in [5.41, 5.74) is 2.12. The zero-order valence-electron chi connectivity index (χ0n) is 18.8. The van der Waals surface area contributed by atoms with Gasteiger partial charge in [-0.1, -0.05) is 6.07 Å². The fourth-order valence-corrected chi connectivity index (χ4v) is 3.40. The molecule has 0 spiro atoms. The van der Waals surface area contributed by atoms with Crippen LogP contribution in [0.5, 0.6) is 11.6 Å². The summed E-state index contributed by atoms with van der Waals surface area (Å²) >= 11 is 0. The molecule has 1 aromatic heterocycles. The molecule has 0 aliphatic rings. The van der Waals surface area contributed by atoms with Crippen LogP contribution in [0, 0.1) is 18.6 Å². The van der Waals surface area contributed by atoms with Crippen LogP contribution in [0.4, 0.5) is 8.78 Å². The van der Waals surface area contributed by atoms with Crippen molar-refractivity contribution in [3.63, 3.8) is 0 Å². The molecule has 0 unspecified atom stereocenters. The molecule has 1 N–H and O–H groups in total. The second-order valence-corrected chi connectivity index (χ2v) is 7.95. The third-order valence-electron chi connectivity index (χ3n) is 5.11. The van der Waals surface area contributed by atoms with Crippen molar-refractivity contribution in [2.45, 2.75) is 39.5 Å². The Morgan fingerprint density at radius 2 is 1.81 bits per heavy atom. The Morgan fingerprint density at radius 3 is 2.44 bits per heavy atom. The summed E-state index contributed by atoms with van der Waals surface area (Å²) in [6, 6.07) is 11.9. The normalized spacial score (nSPS) is 12.5. The maximum Gasteiger partial charge on any atom is 0.227 e. The summed E-state index contributed by atoms with van der Waals surface area (Å²) < 4.78 is 40.0. The van der Waals surface area contributed by atoms with E-state index in [-0.39, 0.29) is 18.5 Å². The minimum atomic E-state index is -0.651. The summed E-state index contributed by atoms with van der Waals surface area (Å²) in [7, 11) is 1.55. The van der Waals surface area contributed by atoms with Gasteiger partial charge in [0.2, 0.25) is 5.88 Å². The van der Waals surface area contributed by atoms with E-state index in [1.54, 1.807) is 36.1 Å². The third-order valence-corrected chi connectivity index (χ3v) is 5.11. The van der Waals surface area contributed by atoms with Crippen molar-refractivity contribution in [2.24, 2.45) is 0 Å². The van der Waals surface area contributed by atoms with Crippen molar-refractivity contribution >= 4 is 0 Å². The number of nitrogens with zero attached hydrogens (tertiary/aromatic N) is 3. The highest BCUT2D eigenvalue weighted by molar-refractivity contribution is 5.43. The van der Waals surface area contributed by atoms with Crippen molar-refractivity contribution in [3.05, 3.63) is 71.4 Å². The van der Waals surface area contributed by atoms with E-state index in [1.807, 2.05) is 20.8 Å². The highest BCUT2D eigenvalue weighted by Gasteiger charge is 2.24. The average molecular weight is 446 g/mol. The van der Waals surface area contributed by atoms with Crippen molar-refractivity contribution in [2.75, 3.05) is 20.3 Å². The second kappa shape index (κ2) is 10.7. The quantitative estimate of drug-likeness (QED) is 0.499. The van der Waals surface area contributed by atoms with E-state index in [2.05, 4.69) is 10.00 Å². The first-order valence-electron chi connectivity index (χ1n) is 10.5. The van der Waals surface area contributed by atoms with Gasteiger partial charge in [0, 0.05) is 32.3 Å². The molecule has 32 heavy (non-hydrogen) atoms. The molecule has 0 amide bonds. The molecule has 0 saturated heterocycles. The number of ether oxygens (including phenoxy) is 2. The van der Waals surface area contributed by atoms with E-state index >= 15 is 0 Å². The van der Waals surface area contributed by atoms with Gasteiger partial charge in [-0.15, -0.1) is 0 Å². The van der Waals surface area contributed by atoms with Crippen LogP contribution in [0.15, 0.2) is 48.5 Å². The van der Waals surface area contributed by atoms with Gasteiger partial charge < -0.3 is 14.6 Å². The van der Waals surface area contributed by atoms with Gasteiger partial charge in [0.15, 0.2) is 0 Å². The summed E-state index contributed by atoms with van der Waals surface area (Å²) in [6.07, 6.45) is -0.651. The fourth-order valence-electron chi connectivity index (χ4n) is 3.40. The molecular formula is C24H29F2N3O3. The summed E-state index contributed by atoms with van der Waals surface area (Å²) in [4.78, 5) is 2.08. The number of hydrogen-bond acceptors (Lipinski definition) is 5. The molecule has 0 aliphatic carbocycles. The van der Waals surface area contributed by atoms with E-state index < -0.39 is 11.9 Å². The Morgan fingerprint density at radius 1 is 1.09 bits per heavy atom. The average Bonchev–Trinajstić information content (AvgIpc) is 3.03. The zero-order chi connectivity index (χ0) is 23.3. The fraction of sp³-hybridized carbons (Fsp3) is 0.375. The molecule has 1 heterocycles. The van der Waals surface area contributed by atoms with Crippen molar-refractivity contribution in [1.29, 1.82) is 0 Å². The molecular weight excluding hydrogens is 416 g/mol. The molecule has 0 bridgehead atoms. The van der Waals surface area contributed by atoms with Gasteiger partial charge in [-0.05, 0) is 57.2 Å². The predicted octanol–water partition coefficient (Wildman–Crippen LogP) is 4.47. The molecule has 3 rings (SSSR count). The molecule has 6 nitrogen and oxygen atoms in total. The molecule has 2 aromatic carbocycles. The highest BCUT2D eigenvalue weighted by Crippen LogP contribution is 2.32. The largest absolute Gasteiger partial charge is 0.438 e. The number of aromatic nitrogens is 2. The van der Waals surface area contributed by atoms with Crippen LogP contribution in [0.3, 0.4) is 0 Å². The number of aliphatic hydroxyl groups excluding tert-OH is 1. The molecule has 8 heteroatoms. The Balaban J connectivity index is 2.02. The predicted molar refractivity (Wildman–Crippen MR) is 118 cm³/mol. The van der Waals surface area contributed by atoms with Gasteiger partial charge in [-0.3, -0.25) is 4.90 Å². The van der Waals surface area contributed by atoms with Gasteiger partial charge in [-0.25, -0.2) is 13.5 Å². The third kappa shape index (κ3) is 5.91. The Labute approximate surface area is 187 Å². The van der Waals surface area contributed by atoms with Gasteiger partial charge in [0.25, 0.3) is 0 Å². The number of aryl methyl sites for hydroxylation is 1. The topological polar surface area (TPSA) is 59.8 Å². The molecule has 0 aliphatic heterocycles. The van der Waals surface area contributed by atoms with Crippen LogP contribution in [-0.2, 0) is 11.3 Å². The summed E-state index contributed by atoms with van der Waals surface area (Å²) in [5.74, 6) is -0.0414. The molecule has 3 aromatic rings. The maximum absolute atomic E-state index is 13.8. The Hall–Kier alpha value is -2.81. The number of hydrogen-bond donors (Lipinski definition) is 1. The van der Waals surface area contributed by atoms with Crippen molar-refractivity contribution < 1.29 is 23.4 Å². The van der Waals surface area contributed by atoms with E-state index in [9.17, 15) is 13.9 Å². The maximum atomic E-state index is 13.8. The number of rotatable bonds is 10. The molecule has 0 fully saturated rings. The molecule has 0 saturated carbocycles. The minimum absolute atomic E-state index is 0.122. The van der Waals surface area contributed by atoms with Crippen LogP contribution in [0.1, 0.15) is 25.1 Å².